The quantitative estimate of drug-likeness (QED) is 0.412. The van der Waals surface area contributed by atoms with Crippen molar-refractivity contribution in [3.63, 3.8) is 0 Å². The summed E-state index contributed by atoms with van der Waals surface area (Å²) < 4.78 is 11.6. The Morgan fingerprint density at radius 1 is 0.679 bits per heavy atom. The van der Waals surface area contributed by atoms with Crippen LogP contribution in [0.3, 0.4) is 0 Å². The van der Waals surface area contributed by atoms with Gasteiger partial charge >= 0.3 is 0 Å². The maximum atomic E-state index is 5.82. The maximum absolute atomic E-state index is 5.82. The SMILES string of the molecule is CC(C)CCOc1ccc(NCCNc2cccc(OCCC(C)C)c2)cc1. The molecule has 0 saturated carbocycles. The highest BCUT2D eigenvalue weighted by Crippen LogP contribution is 2.18. The minimum Gasteiger partial charge on any atom is -0.494 e. The third-order valence-corrected chi connectivity index (χ3v) is 4.40. The molecule has 0 aliphatic heterocycles. The average Bonchev–Trinajstić information content (AvgIpc) is 2.66. The van der Waals surface area contributed by atoms with Gasteiger partial charge in [-0.1, -0.05) is 33.8 Å². The molecule has 0 aromatic heterocycles. The van der Waals surface area contributed by atoms with Crippen LogP contribution >= 0.6 is 0 Å². The van der Waals surface area contributed by atoms with Crippen molar-refractivity contribution in [1.82, 2.24) is 0 Å². The van der Waals surface area contributed by atoms with Crippen LogP contribution in [-0.4, -0.2) is 26.3 Å². The second-order valence-corrected chi connectivity index (χ2v) is 7.97. The Morgan fingerprint density at radius 2 is 1.25 bits per heavy atom. The number of ether oxygens (including phenoxy) is 2. The predicted molar refractivity (Wildman–Crippen MR) is 120 cm³/mol. The highest BCUT2D eigenvalue weighted by Gasteiger charge is 2.00. The summed E-state index contributed by atoms with van der Waals surface area (Å²) in [6.45, 7) is 12.0. The summed E-state index contributed by atoms with van der Waals surface area (Å²) in [6, 6.07) is 16.3. The van der Waals surface area contributed by atoms with Gasteiger partial charge in [0.15, 0.2) is 0 Å². The lowest BCUT2D eigenvalue weighted by molar-refractivity contribution is 0.289. The smallest absolute Gasteiger partial charge is 0.121 e. The molecule has 0 heterocycles. The summed E-state index contributed by atoms with van der Waals surface area (Å²) in [6.07, 6.45) is 2.15. The molecule has 0 aliphatic rings. The van der Waals surface area contributed by atoms with E-state index in [1.54, 1.807) is 0 Å². The largest absolute Gasteiger partial charge is 0.494 e. The van der Waals surface area contributed by atoms with Crippen LogP contribution in [0.1, 0.15) is 40.5 Å². The van der Waals surface area contributed by atoms with Gasteiger partial charge in [-0.3, -0.25) is 0 Å². The zero-order chi connectivity index (χ0) is 20.2. The summed E-state index contributed by atoms with van der Waals surface area (Å²) in [5.41, 5.74) is 2.18. The van der Waals surface area contributed by atoms with Crippen molar-refractivity contribution in [3.05, 3.63) is 48.5 Å². The Balaban J connectivity index is 1.67. The van der Waals surface area contributed by atoms with Gasteiger partial charge in [0, 0.05) is 30.5 Å². The lowest BCUT2D eigenvalue weighted by Gasteiger charge is -2.12. The summed E-state index contributed by atoms with van der Waals surface area (Å²) in [5.74, 6) is 3.18. The molecule has 28 heavy (non-hydrogen) atoms. The second-order valence-electron chi connectivity index (χ2n) is 7.97. The zero-order valence-electron chi connectivity index (χ0n) is 17.8. The lowest BCUT2D eigenvalue weighted by atomic mass is 10.1. The Morgan fingerprint density at radius 3 is 1.86 bits per heavy atom. The molecule has 0 saturated heterocycles. The molecule has 154 valence electrons. The monoisotopic (exact) mass is 384 g/mol. The van der Waals surface area contributed by atoms with Crippen molar-refractivity contribution in [2.45, 2.75) is 40.5 Å². The van der Waals surface area contributed by atoms with Crippen molar-refractivity contribution < 1.29 is 9.47 Å². The lowest BCUT2D eigenvalue weighted by Crippen LogP contribution is -2.13. The van der Waals surface area contributed by atoms with E-state index in [9.17, 15) is 0 Å². The van der Waals surface area contributed by atoms with Crippen LogP contribution in [0.15, 0.2) is 48.5 Å². The van der Waals surface area contributed by atoms with E-state index in [-0.39, 0.29) is 0 Å². The van der Waals surface area contributed by atoms with Gasteiger partial charge < -0.3 is 20.1 Å². The van der Waals surface area contributed by atoms with E-state index in [0.717, 1.165) is 62.0 Å². The molecule has 0 amide bonds. The van der Waals surface area contributed by atoms with Gasteiger partial charge in [-0.05, 0) is 61.1 Å². The van der Waals surface area contributed by atoms with Crippen LogP contribution < -0.4 is 20.1 Å². The Bertz CT molecular complexity index is 669. The van der Waals surface area contributed by atoms with E-state index < -0.39 is 0 Å². The molecule has 2 aromatic carbocycles. The number of nitrogens with one attached hydrogen (secondary N) is 2. The van der Waals surface area contributed by atoms with Crippen LogP contribution in [0.4, 0.5) is 11.4 Å². The van der Waals surface area contributed by atoms with Gasteiger partial charge in [-0.15, -0.1) is 0 Å². The number of hydrogen-bond donors (Lipinski definition) is 2. The third-order valence-electron chi connectivity index (χ3n) is 4.40. The first kappa shape index (κ1) is 21.9. The third kappa shape index (κ3) is 9.03. The average molecular weight is 385 g/mol. The Kier molecular flexibility index (Phi) is 9.53. The van der Waals surface area contributed by atoms with Crippen LogP contribution in [-0.2, 0) is 0 Å². The fourth-order valence-electron chi connectivity index (χ4n) is 2.60. The van der Waals surface area contributed by atoms with Crippen molar-refractivity contribution in [2.24, 2.45) is 11.8 Å². The number of anilines is 2. The first-order valence-electron chi connectivity index (χ1n) is 10.5. The molecule has 0 spiro atoms. The summed E-state index contributed by atoms with van der Waals surface area (Å²) in [4.78, 5) is 0. The molecule has 4 heteroatoms. The zero-order valence-corrected chi connectivity index (χ0v) is 17.8. The van der Waals surface area contributed by atoms with Crippen LogP contribution in [0.5, 0.6) is 11.5 Å². The molecule has 2 aromatic rings. The molecular formula is C24H36N2O2. The maximum Gasteiger partial charge on any atom is 0.121 e. The van der Waals surface area contributed by atoms with Crippen molar-refractivity contribution in [2.75, 3.05) is 36.9 Å². The number of rotatable bonds is 13. The molecule has 2 N–H and O–H groups in total. The topological polar surface area (TPSA) is 42.5 Å². The van der Waals surface area contributed by atoms with Crippen LogP contribution in [0, 0.1) is 11.8 Å². The number of hydrogen-bond acceptors (Lipinski definition) is 4. The van der Waals surface area contributed by atoms with Gasteiger partial charge in [0.1, 0.15) is 11.5 Å². The molecule has 4 nitrogen and oxygen atoms in total. The number of benzene rings is 2. The van der Waals surface area contributed by atoms with Gasteiger partial charge in [-0.2, -0.15) is 0 Å². The highest BCUT2D eigenvalue weighted by atomic mass is 16.5. The van der Waals surface area contributed by atoms with Crippen molar-refractivity contribution in [3.8, 4) is 11.5 Å². The van der Waals surface area contributed by atoms with E-state index >= 15 is 0 Å². The van der Waals surface area contributed by atoms with Gasteiger partial charge in [0.2, 0.25) is 0 Å². The second kappa shape index (κ2) is 12.2. The van der Waals surface area contributed by atoms with Crippen molar-refractivity contribution >= 4 is 11.4 Å². The molecule has 0 aliphatic carbocycles. The first-order chi connectivity index (χ1) is 13.5. The van der Waals surface area contributed by atoms with E-state index in [0.29, 0.717) is 11.8 Å². The minimum atomic E-state index is 0.660. The molecule has 2 rings (SSSR count). The highest BCUT2D eigenvalue weighted by molar-refractivity contribution is 5.49. The Hall–Kier alpha value is -2.36. The van der Waals surface area contributed by atoms with Crippen molar-refractivity contribution in [1.29, 1.82) is 0 Å². The van der Waals surface area contributed by atoms with Gasteiger partial charge in [0.25, 0.3) is 0 Å². The van der Waals surface area contributed by atoms with Crippen LogP contribution in [0.2, 0.25) is 0 Å². The Labute approximate surface area is 170 Å². The molecule has 0 atom stereocenters. The molecule has 0 fully saturated rings. The summed E-state index contributed by atoms with van der Waals surface area (Å²) in [5, 5.41) is 6.87. The first-order valence-corrected chi connectivity index (χ1v) is 10.5. The van der Waals surface area contributed by atoms with Gasteiger partial charge in [0.05, 0.1) is 13.2 Å². The standard InChI is InChI=1S/C24H36N2O2/c1-19(2)12-16-27-23-10-8-21(9-11-23)25-14-15-26-22-6-5-7-24(18-22)28-17-13-20(3)4/h5-11,18-20,25-26H,12-17H2,1-4H3. The molecule has 0 radical (unpaired) electrons. The summed E-state index contributed by atoms with van der Waals surface area (Å²) in [7, 11) is 0. The normalized spacial score (nSPS) is 10.9. The van der Waals surface area contributed by atoms with E-state index in [2.05, 4.69) is 62.6 Å². The van der Waals surface area contributed by atoms with Crippen LogP contribution in [0.25, 0.3) is 0 Å². The molecular weight excluding hydrogens is 348 g/mol. The van der Waals surface area contributed by atoms with E-state index in [1.165, 1.54) is 0 Å². The fraction of sp³-hybridized carbons (Fsp3) is 0.500. The van der Waals surface area contributed by atoms with Gasteiger partial charge in [-0.25, -0.2) is 0 Å². The minimum absolute atomic E-state index is 0.660. The predicted octanol–water partition coefficient (Wildman–Crippen LogP) is 6.06. The fourth-order valence-corrected chi connectivity index (χ4v) is 2.60. The molecule has 0 unspecified atom stereocenters. The summed E-state index contributed by atoms with van der Waals surface area (Å²) >= 11 is 0. The van der Waals surface area contributed by atoms with E-state index in [1.807, 2.05) is 24.3 Å². The van der Waals surface area contributed by atoms with E-state index in [4.69, 9.17) is 9.47 Å². The molecule has 0 bridgehead atoms.